The zero-order valence-corrected chi connectivity index (χ0v) is 12.2. The lowest BCUT2D eigenvalue weighted by molar-refractivity contribution is 0.0913. The van der Waals surface area contributed by atoms with Gasteiger partial charge in [-0.2, -0.15) is 0 Å². The molecule has 0 saturated heterocycles. The Bertz CT molecular complexity index is 454. The minimum absolute atomic E-state index is 0.0534. The van der Waals surface area contributed by atoms with E-state index in [0.717, 1.165) is 12.8 Å². The summed E-state index contributed by atoms with van der Waals surface area (Å²) >= 11 is 0. The molecule has 4 nitrogen and oxygen atoms in total. The zero-order valence-electron chi connectivity index (χ0n) is 12.2. The SMILES string of the molecule is COc1cccc(C(=O)NCC2(CN)CCCCC2)c1. The molecule has 1 aliphatic rings. The Labute approximate surface area is 120 Å². The molecule has 110 valence electrons. The number of rotatable bonds is 5. The van der Waals surface area contributed by atoms with Crippen LogP contribution in [0.25, 0.3) is 0 Å². The number of methoxy groups -OCH3 is 1. The molecule has 0 aromatic heterocycles. The average molecular weight is 276 g/mol. The van der Waals surface area contributed by atoms with Crippen LogP contribution in [0.1, 0.15) is 42.5 Å². The fourth-order valence-electron chi connectivity index (χ4n) is 2.89. The maximum atomic E-state index is 12.2. The van der Waals surface area contributed by atoms with Crippen molar-refractivity contribution in [1.29, 1.82) is 0 Å². The number of carbonyl (C=O) groups excluding carboxylic acids is 1. The predicted molar refractivity (Wildman–Crippen MR) is 79.9 cm³/mol. The zero-order chi connectivity index (χ0) is 14.4. The molecular formula is C16H24N2O2. The van der Waals surface area contributed by atoms with Crippen LogP contribution in [0.4, 0.5) is 0 Å². The summed E-state index contributed by atoms with van der Waals surface area (Å²) in [5.74, 6) is 0.645. The molecule has 0 atom stereocenters. The summed E-state index contributed by atoms with van der Waals surface area (Å²) in [5, 5.41) is 3.04. The molecule has 1 saturated carbocycles. The van der Waals surface area contributed by atoms with Crippen LogP contribution in [0, 0.1) is 5.41 Å². The van der Waals surface area contributed by atoms with E-state index in [1.165, 1.54) is 19.3 Å². The van der Waals surface area contributed by atoms with E-state index in [1.807, 2.05) is 12.1 Å². The van der Waals surface area contributed by atoms with E-state index in [0.29, 0.717) is 24.4 Å². The van der Waals surface area contributed by atoms with Gasteiger partial charge in [-0.05, 0) is 43.0 Å². The van der Waals surface area contributed by atoms with E-state index in [9.17, 15) is 4.79 Å². The second kappa shape index (κ2) is 6.75. The first-order valence-electron chi connectivity index (χ1n) is 7.31. The lowest BCUT2D eigenvalue weighted by Gasteiger charge is -2.36. The molecule has 0 aliphatic heterocycles. The third-order valence-corrected chi connectivity index (χ3v) is 4.30. The van der Waals surface area contributed by atoms with Gasteiger partial charge in [0.05, 0.1) is 7.11 Å². The van der Waals surface area contributed by atoms with Crippen molar-refractivity contribution in [2.75, 3.05) is 20.2 Å². The van der Waals surface area contributed by atoms with Crippen molar-refractivity contribution >= 4 is 5.91 Å². The molecule has 1 aromatic carbocycles. The third kappa shape index (κ3) is 3.51. The molecule has 1 aromatic rings. The van der Waals surface area contributed by atoms with Crippen LogP contribution in [0.2, 0.25) is 0 Å². The third-order valence-electron chi connectivity index (χ3n) is 4.30. The Morgan fingerprint density at radius 3 is 2.75 bits per heavy atom. The van der Waals surface area contributed by atoms with Gasteiger partial charge in [0.15, 0.2) is 0 Å². The molecule has 1 fully saturated rings. The highest BCUT2D eigenvalue weighted by Crippen LogP contribution is 2.34. The summed E-state index contributed by atoms with van der Waals surface area (Å²) < 4.78 is 5.14. The standard InChI is InChI=1S/C16H24N2O2/c1-20-14-7-5-6-13(10-14)15(19)18-12-16(11-17)8-3-2-4-9-16/h5-7,10H,2-4,8-9,11-12,17H2,1H3,(H,18,19). The summed E-state index contributed by atoms with van der Waals surface area (Å²) in [4.78, 5) is 12.2. The lowest BCUT2D eigenvalue weighted by Crippen LogP contribution is -2.43. The van der Waals surface area contributed by atoms with E-state index in [1.54, 1.807) is 19.2 Å². The molecule has 0 bridgehead atoms. The summed E-state index contributed by atoms with van der Waals surface area (Å²) in [5.41, 5.74) is 6.66. The van der Waals surface area contributed by atoms with Gasteiger partial charge in [-0.15, -0.1) is 0 Å². The fraction of sp³-hybridized carbons (Fsp3) is 0.562. The quantitative estimate of drug-likeness (QED) is 0.867. The van der Waals surface area contributed by atoms with Crippen LogP contribution in [0.15, 0.2) is 24.3 Å². The van der Waals surface area contributed by atoms with Crippen LogP contribution >= 0.6 is 0 Å². The maximum absolute atomic E-state index is 12.2. The van der Waals surface area contributed by atoms with Gasteiger partial charge in [-0.25, -0.2) is 0 Å². The van der Waals surface area contributed by atoms with Crippen molar-refractivity contribution < 1.29 is 9.53 Å². The van der Waals surface area contributed by atoms with Gasteiger partial charge in [-0.3, -0.25) is 4.79 Å². The Balaban J connectivity index is 1.96. The van der Waals surface area contributed by atoms with Crippen LogP contribution in [-0.2, 0) is 0 Å². The van der Waals surface area contributed by atoms with Crippen LogP contribution in [-0.4, -0.2) is 26.1 Å². The number of hydrogen-bond donors (Lipinski definition) is 2. The first-order chi connectivity index (χ1) is 9.69. The Morgan fingerprint density at radius 2 is 2.10 bits per heavy atom. The Morgan fingerprint density at radius 1 is 1.35 bits per heavy atom. The van der Waals surface area contributed by atoms with E-state index >= 15 is 0 Å². The smallest absolute Gasteiger partial charge is 0.251 e. The normalized spacial score (nSPS) is 17.5. The van der Waals surface area contributed by atoms with Crippen LogP contribution < -0.4 is 15.8 Å². The molecule has 2 rings (SSSR count). The summed E-state index contributed by atoms with van der Waals surface area (Å²) in [7, 11) is 1.60. The van der Waals surface area contributed by atoms with Gasteiger partial charge < -0.3 is 15.8 Å². The number of benzene rings is 1. The monoisotopic (exact) mass is 276 g/mol. The number of hydrogen-bond acceptors (Lipinski definition) is 3. The first-order valence-corrected chi connectivity index (χ1v) is 7.31. The molecule has 0 radical (unpaired) electrons. The number of amides is 1. The summed E-state index contributed by atoms with van der Waals surface area (Å²) in [6.45, 7) is 1.31. The minimum Gasteiger partial charge on any atom is -0.497 e. The second-order valence-electron chi connectivity index (χ2n) is 5.68. The number of nitrogens with two attached hydrogens (primary N) is 1. The highest BCUT2D eigenvalue weighted by molar-refractivity contribution is 5.94. The number of carbonyl (C=O) groups is 1. The highest BCUT2D eigenvalue weighted by atomic mass is 16.5. The average Bonchev–Trinajstić information content (AvgIpc) is 2.53. The Hall–Kier alpha value is -1.55. The molecule has 3 N–H and O–H groups in total. The Kier molecular flexibility index (Phi) is 5.01. The topological polar surface area (TPSA) is 64.3 Å². The molecule has 0 spiro atoms. The largest absolute Gasteiger partial charge is 0.497 e. The van der Waals surface area contributed by atoms with E-state index < -0.39 is 0 Å². The predicted octanol–water partition coefficient (Wildman–Crippen LogP) is 2.33. The van der Waals surface area contributed by atoms with E-state index in [-0.39, 0.29) is 11.3 Å². The molecular weight excluding hydrogens is 252 g/mol. The maximum Gasteiger partial charge on any atom is 0.251 e. The fourth-order valence-corrected chi connectivity index (χ4v) is 2.89. The minimum atomic E-state index is -0.0534. The van der Waals surface area contributed by atoms with Crippen molar-refractivity contribution in [3.05, 3.63) is 29.8 Å². The summed E-state index contributed by atoms with van der Waals surface area (Å²) in [6.07, 6.45) is 5.94. The highest BCUT2D eigenvalue weighted by Gasteiger charge is 2.30. The molecule has 20 heavy (non-hydrogen) atoms. The number of nitrogens with one attached hydrogen (secondary N) is 1. The molecule has 4 heteroatoms. The second-order valence-corrected chi connectivity index (χ2v) is 5.68. The summed E-state index contributed by atoms with van der Waals surface area (Å²) in [6, 6.07) is 7.21. The lowest BCUT2D eigenvalue weighted by atomic mass is 9.74. The van der Waals surface area contributed by atoms with Gasteiger partial charge in [0.2, 0.25) is 0 Å². The molecule has 1 aliphatic carbocycles. The van der Waals surface area contributed by atoms with Crippen LogP contribution in [0.3, 0.4) is 0 Å². The van der Waals surface area contributed by atoms with Crippen molar-refractivity contribution in [2.45, 2.75) is 32.1 Å². The number of ether oxygens (including phenoxy) is 1. The van der Waals surface area contributed by atoms with E-state index in [2.05, 4.69) is 5.32 Å². The van der Waals surface area contributed by atoms with Crippen molar-refractivity contribution in [3.8, 4) is 5.75 Å². The molecule has 1 amide bonds. The van der Waals surface area contributed by atoms with Crippen molar-refractivity contribution in [1.82, 2.24) is 5.32 Å². The van der Waals surface area contributed by atoms with Crippen molar-refractivity contribution in [3.63, 3.8) is 0 Å². The van der Waals surface area contributed by atoms with E-state index in [4.69, 9.17) is 10.5 Å². The van der Waals surface area contributed by atoms with Gasteiger partial charge in [-0.1, -0.05) is 25.3 Å². The molecule has 0 unspecified atom stereocenters. The van der Waals surface area contributed by atoms with Gasteiger partial charge in [0.1, 0.15) is 5.75 Å². The van der Waals surface area contributed by atoms with Gasteiger partial charge in [0.25, 0.3) is 5.91 Å². The van der Waals surface area contributed by atoms with Crippen LogP contribution in [0.5, 0.6) is 5.75 Å². The molecule has 0 heterocycles. The van der Waals surface area contributed by atoms with Gasteiger partial charge >= 0.3 is 0 Å². The van der Waals surface area contributed by atoms with Crippen molar-refractivity contribution in [2.24, 2.45) is 11.1 Å². The van der Waals surface area contributed by atoms with Gasteiger partial charge in [0, 0.05) is 12.1 Å². The first kappa shape index (κ1) is 14.9.